The van der Waals surface area contributed by atoms with Crippen LogP contribution in [-0.2, 0) is 0 Å². The highest BCUT2D eigenvalue weighted by Crippen LogP contribution is 2.02. The van der Waals surface area contributed by atoms with Gasteiger partial charge in [0.25, 0.3) is 5.91 Å². The molecule has 0 bridgehead atoms. The first kappa shape index (κ1) is 10.3. The maximum atomic E-state index is 11.6. The third-order valence-electron chi connectivity index (χ3n) is 1.79. The van der Waals surface area contributed by atoms with Crippen LogP contribution >= 0.6 is 15.9 Å². The lowest BCUT2D eigenvalue weighted by atomic mass is 10.2. The highest BCUT2D eigenvalue weighted by molar-refractivity contribution is 9.09. The zero-order valence-electron chi connectivity index (χ0n) is 7.53. The van der Waals surface area contributed by atoms with Crippen LogP contribution < -0.4 is 0 Å². The summed E-state index contributed by atoms with van der Waals surface area (Å²) in [5.41, 5.74) is 0.742. The maximum absolute atomic E-state index is 11.6. The van der Waals surface area contributed by atoms with Crippen LogP contribution in [0.15, 0.2) is 30.3 Å². The van der Waals surface area contributed by atoms with E-state index in [-0.39, 0.29) is 5.91 Å². The Bertz CT molecular complexity index is 274. The zero-order valence-corrected chi connectivity index (χ0v) is 9.12. The van der Waals surface area contributed by atoms with Crippen molar-refractivity contribution in [3.63, 3.8) is 0 Å². The van der Waals surface area contributed by atoms with Crippen molar-refractivity contribution in [2.45, 2.75) is 0 Å². The molecule has 13 heavy (non-hydrogen) atoms. The topological polar surface area (TPSA) is 20.3 Å². The third-order valence-corrected chi connectivity index (χ3v) is 2.14. The third kappa shape index (κ3) is 2.84. The van der Waals surface area contributed by atoms with E-state index in [0.717, 1.165) is 17.4 Å². The highest BCUT2D eigenvalue weighted by atomic mass is 79.9. The van der Waals surface area contributed by atoms with Gasteiger partial charge in [0.15, 0.2) is 0 Å². The molecule has 3 heteroatoms. The Kier molecular flexibility index (Phi) is 3.96. The molecule has 0 heterocycles. The van der Waals surface area contributed by atoms with E-state index in [1.165, 1.54) is 0 Å². The summed E-state index contributed by atoms with van der Waals surface area (Å²) in [6, 6.07) is 9.30. The average Bonchev–Trinajstić information content (AvgIpc) is 2.18. The molecule has 1 aromatic rings. The van der Waals surface area contributed by atoms with Gasteiger partial charge in [0.2, 0.25) is 0 Å². The van der Waals surface area contributed by atoms with Crippen molar-refractivity contribution < 1.29 is 4.79 Å². The number of nitrogens with zero attached hydrogens (tertiary/aromatic N) is 1. The number of carbonyl (C=O) groups is 1. The average molecular weight is 242 g/mol. The SMILES string of the molecule is CN(CCBr)C(=O)c1ccccc1. The minimum absolute atomic E-state index is 0.0695. The van der Waals surface area contributed by atoms with E-state index in [1.807, 2.05) is 30.3 Å². The molecule has 0 saturated heterocycles. The molecule has 0 radical (unpaired) electrons. The Labute approximate surface area is 86.7 Å². The fourth-order valence-corrected chi connectivity index (χ4v) is 1.56. The van der Waals surface area contributed by atoms with E-state index in [4.69, 9.17) is 0 Å². The maximum Gasteiger partial charge on any atom is 0.253 e. The molecule has 0 atom stereocenters. The van der Waals surface area contributed by atoms with Crippen molar-refractivity contribution in [1.29, 1.82) is 0 Å². The normalized spacial score (nSPS) is 9.69. The van der Waals surface area contributed by atoms with Crippen molar-refractivity contribution in [1.82, 2.24) is 4.90 Å². The van der Waals surface area contributed by atoms with E-state index >= 15 is 0 Å². The molecule has 0 spiro atoms. The van der Waals surface area contributed by atoms with E-state index in [1.54, 1.807) is 11.9 Å². The first-order valence-electron chi connectivity index (χ1n) is 4.12. The molecule has 1 amide bonds. The summed E-state index contributed by atoms with van der Waals surface area (Å²) < 4.78 is 0. The van der Waals surface area contributed by atoms with Gasteiger partial charge in [-0.15, -0.1) is 0 Å². The summed E-state index contributed by atoms with van der Waals surface area (Å²) in [6.45, 7) is 0.730. The molecular formula is C10H12BrNO. The molecule has 0 unspecified atom stereocenters. The van der Waals surface area contributed by atoms with E-state index in [2.05, 4.69) is 15.9 Å². The molecule has 2 nitrogen and oxygen atoms in total. The van der Waals surface area contributed by atoms with Crippen LogP contribution in [0, 0.1) is 0 Å². The molecule has 1 aromatic carbocycles. The summed E-state index contributed by atoms with van der Waals surface area (Å²) in [7, 11) is 1.80. The lowest BCUT2D eigenvalue weighted by molar-refractivity contribution is 0.0804. The number of amides is 1. The first-order chi connectivity index (χ1) is 6.25. The largest absolute Gasteiger partial charge is 0.341 e. The van der Waals surface area contributed by atoms with Crippen LogP contribution in [0.4, 0.5) is 0 Å². The van der Waals surface area contributed by atoms with Gasteiger partial charge in [-0.25, -0.2) is 0 Å². The predicted molar refractivity (Wildman–Crippen MR) is 57.2 cm³/mol. The number of benzene rings is 1. The molecule has 0 aliphatic rings. The van der Waals surface area contributed by atoms with Crippen molar-refractivity contribution in [3.8, 4) is 0 Å². The van der Waals surface area contributed by atoms with Crippen LogP contribution in [0.2, 0.25) is 0 Å². The fourth-order valence-electron chi connectivity index (χ4n) is 1.03. The molecule has 0 aromatic heterocycles. The van der Waals surface area contributed by atoms with Crippen molar-refractivity contribution >= 4 is 21.8 Å². The van der Waals surface area contributed by atoms with E-state index in [9.17, 15) is 4.79 Å². The summed E-state index contributed by atoms with van der Waals surface area (Å²) in [5.74, 6) is 0.0695. The van der Waals surface area contributed by atoms with Crippen LogP contribution in [0.25, 0.3) is 0 Å². The quantitative estimate of drug-likeness (QED) is 0.744. The monoisotopic (exact) mass is 241 g/mol. The van der Waals surface area contributed by atoms with E-state index < -0.39 is 0 Å². The molecule has 1 rings (SSSR count). The van der Waals surface area contributed by atoms with Gasteiger partial charge >= 0.3 is 0 Å². The Morgan fingerprint density at radius 3 is 2.54 bits per heavy atom. The Balaban J connectivity index is 2.68. The zero-order chi connectivity index (χ0) is 9.68. The Morgan fingerprint density at radius 1 is 1.38 bits per heavy atom. The number of carbonyl (C=O) groups excluding carboxylic acids is 1. The van der Waals surface area contributed by atoms with Gasteiger partial charge in [0.1, 0.15) is 0 Å². The lowest BCUT2D eigenvalue weighted by Crippen LogP contribution is -2.28. The molecule has 0 N–H and O–H groups in total. The lowest BCUT2D eigenvalue weighted by Gasteiger charge is -2.15. The molecule has 0 fully saturated rings. The van der Waals surface area contributed by atoms with Crippen LogP contribution in [0.1, 0.15) is 10.4 Å². The molecular weight excluding hydrogens is 230 g/mol. The Morgan fingerprint density at radius 2 is 2.00 bits per heavy atom. The van der Waals surface area contributed by atoms with Crippen molar-refractivity contribution in [2.24, 2.45) is 0 Å². The van der Waals surface area contributed by atoms with Gasteiger partial charge in [0.05, 0.1) is 0 Å². The summed E-state index contributed by atoms with van der Waals surface area (Å²) >= 11 is 3.30. The second-order valence-corrected chi connectivity index (χ2v) is 3.57. The van der Waals surface area contributed by atoms with Gasteiger partial charge in [0, 0.05) is 24.5 Å². The van der Waals surface area contributed by atoms with Gasteiger partial charge in [-0.1, -0.05) is 34.1 Å². The first-order valence-corrected chi connectivity index (χ1v) is 5.24. The molecule has 0 aliphatic heterocycles. The van der Waals surface area contributed by atoms with Crippen LogP contribution in [-0.4, -0.2) is 29.7 Å². The van der Waals surface area contributed by atoms with Crippen LogP contribution in [0.5, 0.6) is 0 Å². The van der Waals surface area contributed by atoms with Gasteiger partial charge in [-0.2, -0.15) is 0 Å². The minimum atomic E-state index is 0.0695. The minimum Gasteiger partial charge on any atom is -0.341 e. The standard InChI is InChI=1S/C10H12BrNO/c1-12(8-7-11)10(13)9-5-3-2-4-6-9/h2-6H,7-8H2,1H3. The second kappa shape index (κ2) is 5.02. The van der Waals surface area contributed by atoms with Crippen LogP contribution in [0.3, 0.4) is 0 Å². The molecule has 70 valence electrons. The number of alkyl halides is 1. The number of rotatable bonds is 3. The fraction of sp³-hybridized carbons (Fsp3) is 0.300. The van der Waals surface area contributed by atoms with Gasteiger partial charge < -0.3 is 4.90 Å². The van der Waals surface area contributed by atoms with Crippen molar-refractivity contribution in [2.75, 3.05) is 18.9 Å². The van der Waals surface area contributed by atoms with Gasteiger partial charge in [-0.05, 0) is 12.1 Å². The number of hydrogen-bond acceptors (Lipinski definition) is 1. The molecule has 0 saturated carbocycles. The Hall–Kier alpha value is -0.830. The highest BCUT2D eigenvalue weighted by Gasteiger charge is 2.08. The van der Waals surface area contributed by atoms with Gasteiger partial charge in [-0.3, -0.25) is 4.79 Å². The summed E-state index contributed by atoms with van der Waals surface area (Å²) in [4.78, 5) is 13.3. The molecule has 0 aliphatic carbocycles. The second-order valence-electron chi connectivity index (χ2n) is 2.78. The number of halogens is 1. The van der Waals surface area contributed by atoms with E-state index in [0.29, 0.717) is 0 Å². The summed E-state index contributed by atoms with van der Waals surface area (Å²) in [5, 5.41) is 0.808. The predicted octanol–water partition coefficient (Wildman–Crippen LogP) is 2.15. The number of hydrogen-bond donors (Lipinski definition) is 0. The van der Waals surface area contributed by atoms with Crippen molar-refractivity contribution in [3.05, 3.63) is 35.9 Å². The summed E-state index contributed by atoms with van der Waals surface area (Å²) in [6.07, 6.45) is 0. The smallest absolute Gasteiger partial charge is 0.253 e.